The summed E-state index contributed by atoms with van der Waals surface area (Å²) in [6.45, 7) is 7.76. The van der Waals surface area contributed by atoms with Gasteiger partial charge in [-0.05, 0) is 31.2 Å². The molecule has 23 heavy (non-hydrogen) atoms. The van der Waals surface area contributed by atoms with E-state index in [0.717, 1.165) is 28.3 Å². The number of carbonyl (C=O) groups is 1. The average molecular weight is 307 g/mol. The molecule has 2 aromatic heterocycles. The lowest BCUT2D eigenvalue weighted by Crippen LogP contribution is -2.27. The summed E-state index contributed by atoms with van der Waals surface area (Å²) in [5.74, 6) is 0.00848. The van der Waals surface area contributed by atoms with Gasteiger partial charge in [0.1, 0.15) is 5.65 Å². The van der Waals surface area contributed by atoms with Crippen LogP contribution in [0.25, 0.3) is 16.9 Å². The molecule has 1 amide bonds. The number of hydrogen-bond acceptors (Lipinski definition) is 2. The molecule has 0 bridgehead atoms. The first-order valence-electron chi connectivity index (χ1n) is 7.72. The van der Waals surface area contributed by atoms with Crippen LogP contribution in [0.2, 0.25) is 0 Å². The molecule has 0 aliphatic carbocycles. The Labute approximate surface area is 136 Å². The minimum atomic E-state index is -0.406. The Morgan fingerprint density at radius 2 is 1.78 bits per heavy atom. The summed E-state index contributed by atoms with van der Waals surface area (Å²) in [6.07, 6.45) is 2.01. The number of imidazole rings is 1. The highest BCUT2D eigenvalue weighted by atomic mass is 16.2. The first-order chi connectivity index (χ1) is 10.9. The summed E-state index contributed by atoms with van der Waals surface area (Å²) in [5.41, 5.74) is 4.44. The molecule has 1 aromatic carbocycles. The first-order valence-corrected chi connectivity index (χ1v) is 7.72. The fourth-order valence-electron chi connectivity index (χ4n) is 2.42. The number of pyridine rings is 1. The van der Waals surface area contributed by atoms with E-state index in [-0.39, 0.29) is 5.91 Å². The van der Waals surface area contributed by atoms with Crippen LogP contribution in [0.1, 0.15) is 26.5 Å². The van der Waals surface area contributed by atoms with Crippen LogP contribution in [0.3, 0.4) is 0 Å². The van der Waals surface area contributed by atoms with Gasteiger partial charge >= 0.3 is 0 Å². The topological polar surface area (TPSA) is 46.4 Å². The van der Waals surface area contributed by atoms with E-state index in [1.54, 1.807) is 0 Å². The average Bonchev–Trinajstić information content (AvgIpc) is 2.85. The predicted molar refractivity (Wildman–Crippen MR) is 93.4 cm³/mol. The summed E-state index contributed by atoms with van der Waals surface area (Å²) in [4.78, 5) is 16.7. The number of carbonyl (C=O) groups excluding carboxylic acids is 1. The van der Waals surface area contributed by atoms with Gasteiger partial charge in [-0.15, -0.1) is 0 Å². The van der Waals surface area contributed by atoms with Crippen molar-refractivity contribution < 1.29 is 4.79 Å². The standard InChI is InChI=1S/C19H21N3O/c1-13-17(21-16-7-5-6-12-22(13)16)14-8-10-15(11-9-14)20-18(23)19(2,3)4/h5-12H,1-4H3,(H,20,23). The SMILES string of the molecule is Cc1c(-c2ccc(NC(=O)C(C)(C)C)cc2)nc2ccccn12. The number of benzene rings is 1. The van der Waals surface area contributed by atoms with Crippen LogP contribution in [0.15, 0.2) is 48.7 Å². The van der Waals surface area contributed by atoms with Gasteiger partial charge in [-0.25, -0.2) is 4.98 Å². The molecule has 3 aromatic rings. The van der Waals surface area contributed by atoms with Crippen molar-refractivity contribution in [2.75, 3.05) is 5.32 Å². The number of anilines is 1. The lowest BCUT2D eigenvalue weighted by atomic mass is 9.95. The van der Waals surface area contributed by atoms with Crippen LogP contribution in [-0.4, -0.2) is 15.3 Å². The Morgan fingerprint density at radius 1 is 1.09 bits per heavy atom. The van der Waals surface area contributed by atoms with E-state index in [0.29, 0.717) is 0 Å². The van der Waals surface area contributed by atoms with E-state index in [1.807, 2.05) is 69.4 Å². The third-order valence-corrected chi connectivity index (χ3v) is 3.87. The number of aryl methyl sites for hydroxylation is 1. The number of rotatable bonds is 2. The lowest BCUT2D eigenvalue weighted by Gasteiger charge is -2.17. The van der Waals surface area contributed by atoms with Gasteiger partial charge in [-0.3, -0.25) is 4.79 Å². The van der Waals surface area contributed by atoms with Crippen LogP contribution in [0, 0.1) is 12.3 Å². The van der Waals surface area contributed by atoms with Crippen molar-refractivity contribution in [3.63, 3.8) is 0 Å². The molecule has 0 aliphatic heterocycles. The molecule has 1 N–H and O–H groups in total. The van der Waals surface area contributed by atoms with Crippen molar-refractivity contribution in [1.29, 1.82) is 0 Å². The summed E-state index contributed by atoms with van der Waals surface area (Å²) >= 11 is 0. The van der Waals surface area contributed by atoms with Gasteiger partial charge in [-0.1, -0.05) is 39.0 Å². The summed E-state index contributed by atoms with van der Waals surface area (Å²) in [6, 6.07) is 13.8. The number of hydrogen-bond donors (Lipinski definition) is 1. The van der Waals surface area contributed by atoms with Gasteiger partial charge in [0.25, 0.3) is 0 Å². The van der Waals surface area contributed by atoms with Crippen LogP contribution in [0.4, 0.5) is 5.69 Å². The molecule has 4 nitrogen and oxygen atoms in total. The van der Waals surface area contributed by atoms with E-state index >= 15 is 0 Å². The van der Waals surface area contributed by atoms with E-state index in [2.05, 4.69) is 21.6 Å². The molecule has 4 heteroatoms. The zero-order valence-corrected chi connectivity index (χ0v) is 13.9. The van der Waals surface area contributed by atoms with Crippen molar-refractivity contribution in [2.45, 2.75) is 27.7 Å². The van der Waals surface area contributed by atoms with E-state index in [9.17, 15) is 4.79 Å². The maximum absolute atomic E-state index is 12.0. The smallest absolute Gasteiger partial charge is 0.229 e. The molecule has 3 rings (SSSR count). The van der Waals surface area contributed by atoms with Crippen molar-refractivity contribution in [2.24, 2.45) is 5.41 Å². The maximum Gasteiger partial charge on any atom is 0.229 e. The van der Waals surface area contributed by atoms with Gasteiger partial charge < -0.3 is 9.72 Å². The van der Waals surface area contributed by atoms with Gasteiger partial charge in [0.15, 0.2) is 0 Å². The van der Waals surface area contributed by atoms with Crippen LogP contribution >= 0.6 is 0 Å². The molecular weight excluding hydrogens is 286 g/mol. The maximum atomic E-state index is 12.0. The number of nitrogens with zero attached hydrogens (tertiary/aromatic N) is 2. The van der Waals surface area contributed by atoms with E-state index in [1.165, 1.54) is 0 Å². The minimum Gasteiger partial charge on any atom is -0.326 e. The van der Waals surface area contributed by atoms with E-state index in [4.69, 9.17) is 0 Å². The molecule has 0 aliphatic rings. The second kappa shape index (κ2) is 5.54. The Bertz CT molecular complexity index is 854. The Balaban J connectivity index is 1.90. The number of aromatic nitrogens is 2. The van der Waals surface area contributed by atoms with Crippen molar-refractivity contribution in [1.82, 2.24) is 9.38 Å². The quantitative estimate of drug-likeness (QED) is 0.767. The molecule has 118 valence electrons. The first kappa shape index (κ1) is 15.3. The summed E-state index contributed by atoms with van der Waals surface area (Å²) in [7, 11) is 0. The third-order valence-electron chi connectivity index (χ3n) is 3.87. The Kier molecular flexibility index (Phi) is 3.68. The number of nitrogens with one attached hydrogen (secondary N) is 1. The molecular formula is C19H21N3O. The molecule has 0 saturated heterocycles. The monoisotopic (exact) mass is 307 g/mol. The molecule has 0 radical (unpaired) electrons. The number of fused-ring (bicyclic) bond motifs is 1. The van der Waals surface area contributed by atoms with E-state index < -0.39 is 5.41 Å². The van der Waals surface area contributed by atoms with Crippen LogP contribution in [0.5, 0.6) is 0 Å². The lowest BCUT2D eigenvalue weighted by molar-refractivity contribution is -0.123. The highest BCUT2D eigenvalue weighted by Crippen LogP contribution is 2.25. The summed E-state index contributed by atoms with van der Waals surface area (Å²) in [5, 5.41) is 2.94. The van der Waals surface area contributed by atoms with Crippen LogP contribution < -0.4 is 5.32 Å². The summed E-state index contributed by atoms with van der Waals surface area (Å²) < 4.78 is 2.07. The number of amides is 1. The highest BCUT2D eigenvalue weighted by molar-refractivity contribution is 5.94. The Hall–Kier alpha value is -2.62. The van der Waals surface area contributed by atoms with Crippen molar-refractivity contribution in [3.05, 3.63) is 54.4 Å². The van der Waals surface area contributed by atoms with Gasteiger partial charge in [0.2, 0.25) is 5.91 Å². The largest absolute Gasteiger partial charge is 0.326 e. The second-order valence-corrected chi connectivity index (χ2v) is 6.76. The van der Waals surface area contributed by atoms with Crippen molar-refractivity contribution in [3.8, 4) is 11.3 Å². The van der Waals surface area contributed by atoms with Gasteiger partial charge in [0.05, 0.1) is 5.69 Å². The molecule has 2 heterocycles. The fraction of sp³-hybridized carbons (Fsp3) is 0.263. The normalized spacial score (nSPS) is 11.7. The molecule has 0 atom stereocenters. The minimum absolute atomic E-state index is 0.00848. The Morgan fingerprint density at radius 3 is 2.39 bits per heavy atom. The molecule has 0 unspecified atom stereocenters. The molecule has 0 fully saturated rings. The second-order valence-electron chi connectivity index (χ2n) is 6.76. The third kappa shape index (κ3) is 2.97. The molecule has 0 spiro atoms. The predicted octanol–water partition coefficient (Wildman–Crippen LogP) is 4.29. The van der Waals surface area contributed by atoms with Gasteiger partial charge in [0, 0.05) is 28.6 Å². The zero-order valence-electron chi connectivity index (χ0n) is 13.9. The zero-order chi connectivity index (χ0) is 16.6. The highest BCUT2D eigenvalue weighted by Gasteiger charge is 2.21. The van der Waals surface area contributed by atoms with Crippen molar-refractivity contribution >= 4 is 17.2 Å². The van der Waals surface area contributed by atoms with Crippen LogP contribution in [-0.2, 0) is 4.79 Å². The molecule has 0 saturated carbocycles. The fourth-order valence-corrected chi connectivity index (χ4v) is 2.42. The van der Waals surface area contributed by atoms with Gasteiger partial charge in [-0.2, -0.15) is 0 Å².